The van der Waals surface area contributed by atoms with Gasteiger partial charge in [-0.05, 0) is 33.8 Å². The monoisotopic (exact) mass is 429 g/mol. The Labute approximate surface area is 177 Å². The highest BCUT2D eigenvalue weighted by molar-refractivity contribution is 6.22. The third-order valence-corrected chi connectivity index (χ3v) is 5.56. The molecule has 0 atom stereocenters. The molecular formula is C21H21F2N5O3. The van der Waals surface area contributed by atoms with Gasteiger partial charge in [-0.25, -0.2) is 18.5 Å². The van der Waals surface area contributed by atoms with Crippen LogP contribution in [0.2, 0.25) is 0 Å². The molecule has 162 valence electrons. The lowest BCUT2D eigenvalue weighted by molar-refractivity contribution is -0.123. The van der Waals surface area contributed by atoms with Gasteiger partial charge in [-0.1, -0.05) is 17.3 Å². The van der Waals surface area contributed by atoms with Crippen molar-refractivity contribution in [3.05, 3.63) is 64.8 Å². The fraction of sp³-hybridized carbons (Fsp3) is 0.333. The van der Waals surface area contributed by atoms with Gasteiger partial charge in [0.15, 0.2) is 11.6 Å². The standard InChI is InChI=1S/C21H21F2N5O3/c1-12-16(13(2)31-25-12)11-26-10-15(8-24-26)28-19(29)21(3,4)27(20(28)30)9-14-6-5-7-17(22)18(14)23/h5-8,10H,9,11H2,1-4H3. The Bertz CT molecular complexity index is 1160. The van der Waals surface area contributed by atoms with Gasteiger partial charge in [0.25, 0.3) is 5.91 Å². The molecule has 0 saturated carbocycles. The number of amides is 3. The van der Waals surface area contributed by atoms with E-state index in [1.165, 1.54) is 23.2 Å². The number of carbonyl (C=O) groups is 2. The second kappa shape index (κ2) is 7.29. The normalized spacial score (nSPS) is 15.9. The zero-order valence-electron chi connectivity index (χ0n) is 17.5. The number of nitrogens with zero attached hydrogens (tertiary/aromatic N) is 5. The van der Waals surface area contributed by atoms with Gasteiger partial charge in [0.2, 0.25) is 0 Å². The first kappa shape index (κ1) is 20.7. The molecule has 1 saturated heterocycles. The van der Waals surface area contributed by atoms with Crippen LogP contribution in [0, 0.1) is 25.5 Å². The van der Waals surface area contributed by atoms with Crippen molar-refractivity contribution in [3.63, 3.8) is 0 Å². The van der Waals surface area contributed by atoms with Crippen molar-refractivity contribution in [1.29, 1.82) is 0 Å². The van der Waals surface area contributed by atoms with E-state index in [1.54, 1.807) is 31.6 Å². The molecule has 4 rings (SSSR count). The minimum absolute atomic E-state index is 0.00909. The van der Waals surface area contributed by atoms with E-state index in [-0.39, 0.29) is 17.8 Å². The molecule has 2 aromatic heterocycles. The summed E-state index contributed by atoms with van der Waals surface area (Å²) in [5, 5.41) is 8.15. The summed E-state index contributed by atoms with van der Waals surface area (Å²) < 4.78 is 34.5. The number of carbonyl (C=O) groups excluding carboxylic acids is 2. The van der Waals surface area contributed by atoms with Crippen LogP contribution in [0.1, 0.15) is 36.4 Å². The predicted octanol–water partition coefficient (Wildman–Crippen LogP) is 3.56. The third kappa shape index (κ3) is 3.37. The zero-order chi connectivity index (χ0) is 22.5. The van der Waals surface area contributed by atoms with Gasteiger partial charge >= 0.3 is 6.03 Å². The summed E-state index contributed by atoms with van der Waals surface area (Å²) in [6.45, 7) is 6.86. The van der Waals surface area contributed by atoms with Crippen molar-refractivity contribution in [2.24, 2.45) is 0 Å². The second-order valence-electron chi connectivity index (χ2n) is 7.98. The molecule has 0 unspecified atom stereocenters. The number of urea groups is 1. The zero-order valence-corrected chi connectivity index (χ0v) is 17.5. The van der Waals surface area contributed by atoms with Gasteiger partial charge in [0.1, 0.15) is 11.3 Å². The SMILES string of the molecule is Cc1noc(C)c1Cn1cc(N2C(=O)N(Cc3cccc(F)c3F)C(C)(C)C2=O)cn1. The van der Waals surface area contributed by atoms with E-state index in [0.717, 1.165) is 22.2 Å². The lowest BCUT2D eigenvalue weighted by Gasteiger charge is -2.27. The van der Waals surface area contributed by atoms with Gasteiger partial charge in [-0.3, -0.25) is 9.48 Å². The highest BCUT2D eigenvalue weighted by Crippen LogP contribution is 2.33. The molecule has 0 radical (unpaired) electrons. The number of benzene rings is 1. The number of rotatable bonds is 5. The fourth-order valence-electron chi connectivity index (χ4n) is 3.61. The maximum absolute atomic E-state index is 14.2. The average Bonchev–Trinajstić information content (AvgIpc) is 3.34. The molecule has 1 aromatic carbocycles. The summed E-state index contributed by atoms with van der Waals surface area (Å²) in [6, 6.07) is 3.12. The predicted molar refractivity (Wildman–Crippen MR) is 106 cm³/mol. The second-order valence-corrected chi connectivity index (χ2v) is 7.98. The van der Waals surface area contributed by atoms with E-state index >= 15 is 0 Å². The number of halogens is 2. The van der Waals surface area contributed by atoms with Crippen LogP contribution in [-0.4, -0.2) is 37.3 Å². The van der Waals surface area contributed by atoms with Crippen LogP contribution in [0.5, 0.6) is 0 Å². The molecule has 3 amide bonds. The molecule has 10 heteroatoms. The maximum Gasteiger partial charge on any atom is 0.332 e. The van der Waals surface area contributed by atoms with E-state index < -0.39 is 29.1 Å². The molecule has 3 heterocycles. The first-order valence-electron chi connectivity index (χ1n) is 9.64. The Morgan fingerprint density at radius 2 is 1.87 bits per heavy atom. The lowest BCUT2D eigenvalue weighted by Crippen LogP contribution is -2.43. The number of hydrogen-bond donors (Lipinski definition) is 0. The molecule has 31 heavy (non-hydrogen) atoms. The summed E-state index contributed by atoms with van der Waals surface area (Å²) in [6.07, 6.45) is 2.99. The molecule has 0 aliphatic carbocycles. The minimum Gasteiger partial charge on any atom is -0.361 e. The lowest BCUT2D eigenvalue weighted by atomic mass is 10.0. The van der Waals surface area contributed by atoms with Crippen molar-refractivity contribution < 1.29 is 22.9 Å². The van der Waals surface area contributed by atoms with Crippen LogP contribution < -0.4 is 4.90 Å². The van der Waals surface area contributed by atoms with Crippen LogP contribution in [0.3, 0.4) is 0 Å². The summed E-state index contributed by atoms with van der Waals surface area (Å²) in [5.41, 5.74) is 0.617. The number of anilines is 1. The maximum atomic E-state index is 14.2. The summed E-state index contributed by atoms with van der Waals surface area (Å²) in [7, 11) is 0. The first-order chi connectivity index (χ1) is 14.6. The smallest absolute Gasteiger partial charge is 0.332 e. The van der Waals surface area contributed by atoms with Crippen LogP contribution in [0.15, 0.2) is 35.1 Å². The average molecular weight is 429 g/mol. The molecule has 3 aromatic rings. The van der Waals surface area contributed by atoms with Crippen molar-refractivity contribution >= 4 is 17.6 Å². The summed E-state index contributed by atoms with van der Waals surface area (Å²) in [4.78, 5) is 28.4. The molecule has 8 nitrogen and oxygen atoms in total. The van der Waals surface area contributed by atoms with Gasteiger partial charge < -0.3 is 9.42 Å². The van der Waals surface area contributed by atoms with E-state index in [2.05, 4.69) is 10.3 Å². The topological polar surface area (TPSA) is 84.5 Å². The number of aryl methyl sites for hydroxylation is 2. The Morgan fingerprint density at radius 3 is 2.55 bits per heavy atom. The molecule has 0 bridgehead atoms. The van der Waals surface area contributed by atoms with Crippen LogP contribution in [-0.2, 0) is 17.9 Å². The summed E-state index contributed by atoms with van der Waals surface area (Å²) >= 11 is 0. The number of aromatic nitrogens is 3. The Balaban J connectivity index is 1.61. The van der Waals surface area contributed by atoms with Crippen LogP contribution >= 0.6 is 0 Å². The van der Waals surface area contributed by atoms with Gasteiger partial charge in [-0.15, -0.1) is 0 Å². The molecule has 1 aliphatic rings. The van der Waals surface area contributed by atoms with Crippen LogP contribution in [0.4, 0.5) is 19.3 Å². The minimum atomic E-state index is -1.25. The van der Waals surface area contributed by atoms with Crippen molar-refractivity contribution in [2.45, 2.75) is 46.3 Å². The van der Waals surface area contributed by atoms with E-state index in [0.29, 0.717) is 12.3 Å². The van der Waals surface area contributed by atoms with E-state index in [1.807, 2.05) is 6.92 Å². The van der Waals surface area contributed by atoms with E-state index in [4.69, 9.17) is 4.52 Å². The third-order valence-electron chi connectivity index (χ3n) is 5.56. The molecular weight excluding hydrogens is 408 g/mol. The van der Waals surface area contributed by atoms with E-state index in [9.17, 15) is 18.4 Å². The fourth-order valence-corrected chi connectivity index (χ4v) is 3.61. The molecule has 0 N–H and O–H groups in total. The van der Waals surface area contributed by atoms with Gasteiger partial charge in [0.05, 0.1) is 30.7 Å². The highest BCUT2D eigenvalue weighted by Gasteiger charge is 2.52. The van der Waals surface area contributed by atoms with Gasteiger partial charge in [0, 0.05) is 17.3 Å². The van der Waals surface area contributed by atoms with Crippen molar-refractivity contribution in [2.75, 3.05) is 4.90 Å². The Kier molecular flexibility index (Phi) is 4.87. The highest BCUT2D eigenvalue weighted by atomic mass is 19.2. The Morgan fingerprint density at radius 1 is 1.13 bits per heavy atom. The first-order valence-corrected chi connectivity index (χ1v) is 9.64. The molecule has 1 aliphatic heterocycles. The van der Waals surface area contributed by atoms with Crippen molar-refractivity contribution in [1.82, 2.24) is 19.8 Å². The van der Waals surface area contributed by atoms with Crippen molar-refractivity contribution in [3.8, 4) is 0 Å². The molecule has 1 fully saturated rings. The summed E-state index contributed by atoms with van der Waals surface area (Å²) in [5.74, 6) is -1.87. The number of imide groups is 1. The number of hydrogen-bond acceptors (Lipinski definition) is 5. The van der Waals surface area contributed by atoms with Gasteiger partial charge in [-0.2, -0.15) is 5.10 Å². The quantitative estimate of drug-likeness (QED) is 0.579. The molecule has 0 spiro atoms. The Hall–Kier alpha value is -3.56. The van der Waals surface area contributed by atoms with Crippen LogP contribution in [0.25, 0.3) is 0 Å². The largest absolute Gasteiger partial charge is 0.361 e.